The molecule has 150 valence electrons. The molecule has 0 radical (unpaired) electrons. The Morgan fingerprint density at radius 2 is 2.14 bits per heavy atom. The number of aromatic carboxylic acids is 1. The first-order valence-electron chi connectivity index (χ1n) is 9.64. The summed E-state index contributed by atoms with van der Waals surface area (Å²) in [4.78, 5) is 27.5. The molecule has 0 atom stereocenters. The highest BCUT2D eigenvalue weighted by Crippen LogP contribution is 2.42. The van der Waals surface area contributed by atoms with Crippen LogP contribution < -0.4 is 10.9 Å². The Morgan fingerprint density at radius 3 is 2.86 bits per heavy atom. The Labute approximate surface area is 170 Å². The molecule has 2 aromatic heterocycles. The number of carbonyl (C=O) groups is 1. The van der Waals surface area contributed by atoms with E-state index in [4.69, 9.17) is 0 Å². The molecule has 0 unspecified atom stereocenters. The lowest BCUT2D eigenvalue weighted by Gasteiger charge is -2.12. The third-order valence-corrected chi connectivity index (χ3v) is 6.83. The molecule has 8 heteroatoms. The topological polar surface area (TPSA) is 107 Å². The zero-order valence-corrected chi connectivity index (χ0v) is 16.7. The number of hydrogen-bond donors (Lipinski definition) is 4. The summed E-state index contributed by atoms with van der Waals surface area (Å²) in [6.45, 7) is 0.809. The zero-order chi connectivity index (χ0) is 20.3. The first kappa shape index (κ1) is 18.3. The average molecular weight is 411 g/mol. The maximum absolute atomic E-state index is 12.3. The van der Waals surface area contributed by atoms with Crippen molar-refractivity contribution in [1.82, 2.24) is 14.9 Å². The normalized spacial score (nSPS) is 15.8. The lowest BCUT2D eigenvalue weighted by Crippen LogP contribution is -2.20. The lowest BCUT2D eigenvalue weighted by atomic mass is 9.99. The van der Waals surface area contributed by atoms with Gasteiger partial charge < -0.3 is 25.1 Å². The molecule has 29 heavy (non-hydrogen) atoms. The van der Waals surface area contributed by atoms with Crippen LogP contribution in [-0.2, 0) is 20.0 Å². The highest BCUT2D eigenvalue weighted by Gasteiger charge is 2.26. The van der Waals surface area contributed by atoms with E-state index >= 15 is 0 Å². The first-order valence-corrected chi connectivity index (χ1v) is 10.6. The minimum atomic E-state index is -1.42. The van der Waals surface area contributed by atoms with Gasteiger partial charge in [0.1, 0.15) is 5.75 Å². The minimum absolute atomic E-state index is 0.424. The average Bonchev–Trinajstić information content (AvgIpc) is 3.47. The van der Waals surface area contributed by atoms with Crippen molar-refractivity contribution in [2.24, 2.45) is 7.05 Å². The van der Waals surface area contributed by atoms with E-state index in [2.05, 4.69) is 34.0 Å². The largest absolute Gasteiger partial charge is 0.506 e. The quantitative estimate of drug-likeness (QED) is 0.526. The van der Waals surface area contributed by atoms with Crippen molar-refractivity contribution in [2.45, 2.75) is 36.7 Å². The number of nitrogens with one attached hydrogen (secondary N) is 2. The minimum Gasteiger partial charge on any atom is -0.506 e. The highest BCUT2D eigenvalue weighted by atomic mass is 32.2. The summed E-state index contributed by atoms with van der Waals surface area (Å²) in [5.74, 6) is -1.16. The molecule has 1 saturated carbocycles. The van der Waals surface area contributed by atoms with Crippen molar-refractivity contribution in [1.29, 1.82) is 0 Å². The number of aromatic amines is 1. The second kappa shape index (κ2) is 6.67. The van der Waals surface area contributed by atoms with Gasteiger partial charge in [0.05, 0.1) is 5.69 Å². The molecule has 2 aliphatic rings. The Morgan fingerprint density at radius 1 is 1.34 bits per heavy atom. The van der Waals surface area contributed by atoms with Crippen LogP contribution in [0.15, 0.2) is 27.9 Å². The fourth-order valence-electron chi connectivity index (χ4n) is 4.01. The number of thioether (sulfide) groups is 1. The van der Waals surface area contributed by atoms with Gasteiger partial charge in [-0.05, 0) is 37.5 Å². The number of carboxylic acids is 1. The van der Waals surface area contributed by atoms with Crippen LogP contribution in [0.3, 0.4) is 0 Å². The molecule has 1 aromatic carbocycles. The predicted molar refractivity (Wildman–Crippen MR) is 112 cm³/mol. The van der Waals surface area contributed by atoms with Crippen molar-refractivity contribution in [2.75, 3.05) is 5.75 Å². The molecule has 0 amide bonds. The predicted octanol–water partition coefficient (Wildman–Crippen LogP) is 2.84. The number of fused-ring (bicyclic) bond motifs is 4. The van der Waals surface area contributed by atoms with Crippen molar-refractivity contribution in [3.63, 3.8) is 0 Å². The summed E-state index contributed by atoms with van der Waals surface area (Å²) >= 11 is 1.65. The number of pyridine rings is 1. The van der Waals surface area contributed by atoms with E-state index in [9.17, 15) is 19.8 Å². The van der Waals surface area contributed by atoms with Crippen LogP contribution in [0, 0.1) is 0 Å². The van der Waals surface area contributed by atoms with Crippen LogP contribution in [-0.4, -0.2) is 37.5 Å². The summed E-state index contributed by atoms with van der Waals surface area (Å²) < 4.78 is 2.19. The summed E-state index contributed by atoms with van der Waals surface area (Å²) in [7, 11) is 2.06. The van der Waals surface area contributed by atoms with Gasteiger partial charge in [0.25, 0.3) is 5.56 Å². The van der Waals surface area contributed by atoms with Crippen LogP contribution in [0.2, 0.25) is 0 Å². The Kier molecular flexibility index (Phi) is 4.22. The van der Waals surface area contributed by atoms with Crippen LogP contribution >= 0.6 is 11.8 Å². The van der Waals surface area contributed by atoms with E-state index in [-0.39, 0.29) is 0 Å². The molecule has 1 aliphatic carbocycles. The molecule has 5 rings (SSSR count). The van der Waals surface area contributed by atoms with E-state index in [1.54, 1.807) is 11.8 Å². The van der Waals surface area contributed by atoms with E-state index in [0.717, 1.165) is 27.9 Å². The van der Waals surface area contributed by atoms with Gasteiger partial charge in [0.15, 0.2) is 5.56 Å². The van der Waals surface area contributed by atoms with Crippen LogP contribution in [0.5, 0.6) is 5.75 Å². The SMILES string of the molecule is Cn1c(CNC2CC2)cc2cc3c(cc21)SCCc1c-3[nH]c(=O)c(C(=O)O)c1O. The smallest absolute Gasteiger partial charge is 0.345 e. The molecule has 1 aliphatic heterocycles. The van der Waals surface area contributed by atoms with Gasteiger partial charge in [-0.3, -0.25) is 4.79 Å². The van der Waals surface area contributed by atoms with Gasteiger partial charge in [-0.15, -0.1) is 11.8 Å². The number of aryl methyl sites for hydroxylation is 1. The summed E-state index contributed by atoms with van der Waals surface area (Å²) in [5, 5.41) is 24.4. The molecule has 4 N–H and O–H groups in total. The van der Waals surface area contributed by atoms with Crippen LogP contribution in [0.1, 0.15) is 34.5 Å². The molecule has 3 aromatic rings. The van der Waals surface area contributed by atoms with Gasteiger partial charge in [0.2, 0.25) is 0 Å². The van der Waals surface area contributed by atoms with E-state index < -0.39 is 22.8 Å². The van der Waals surface area contributed by atoms with Crippen molar-refractivity contribution in [3.05, 3.63) is 45.4 Å². The zero-order valence-electron chi connectivity index (χ0n) is 15.9. The maximum Gasteiger partial charge on any atom is 0.345 e. The number of aromatic nitrogens is 2. The van der Waals surface area contributed by atoms with Crippen molar-refractivity contribution in [3.8, 4) is 17.0 Å². The fourth-order valence-corrected chi connectivity index (χ4v) is 5.04. The van der Waals surface area contributed by atoms with Gasteiger partial charge >= 0.3 is 5.97 Å². The van der Waals surface area contributed by atoms with E-state index in [1.165, 1.54) is 18.5 Å². The third kappa shape index (κ3) is 3.03. The van der Waals surface area contributed by atoms with E-state index in [1.807, 2.05) is 6.07 Å². The molecular weight excluding hydrogens is 390 g/mol. The van der Waals surface area contributed by atoms with Gasteiger partial charge in [-0.1, -0.05) is 0 Å². The van der Waals surface area contributed by atoms with Gasteiger partial charge in [-0.2, -0.15) is 0 Å². The Balaban J connectivity index is 1.67. The number of hydrogen-bond acceptors (Lipinski definition) is 5. The molecular formula is C21H21N3O4S. The number of nitrogens with zero attached hydrogens (tertiary/aromatic N) is 1. The van der Waals surface area contributed by atoms with Crippen molar-refractivity contribution >= 4 is 28.6 Å². The standard InChI is InChI=1S/C21H21N3O4S/c1-24-12(9-22-11-2-3-11)6-10-7-14-16(8-15(10)24)29-5-4-13-18(14)23-20(26)17(19(13)25)21(27)28/h6-8,11,22H,2-5,9H2,1H3,(H,27,28)(H2,23,25,26). The van der Waals surface area contributed by atoms with Crippen LogP contribution in [0.4, 0.5) is 0 Å². The highest BCUT2D eigenvalue weighted by molar-refractivity contribution is 7.99. The Bertz CT molecular complexity index is 1220. The molecule has 0 saturated heterocycles. The second-order valence-electron chi connectivity index (χ2n) is 7.69. The number of carboxylic acid groups (broad SMARTS) is 1. The van der Waals surface area contributed by atoms with Crippen molar-refractivity contribution < 1.29 is 15.0 Å². The third-order valence-electron chi connectivity index (χ3n) is 5.78. The van der Waals surface area contributed by atoms with Gasteiger partial charge in [-0.25, -0.2) is 4.79 Å². The van der Waals surface area contributed by atoms with Gasteiger partial charge in [0, 0.05) is 58.0 Å². The number of H-pyrrole nitrogens is 1. The molecule has 0 bridgehead atoms. The first-order chi connectivity index (χ1) is 13.9. The summed E-state index contributed by atoms with van der Waals surface area (Å²) in [6, 6.07) is 6.91. The molecule has 0 spiro atoms. The molecule has 7 nitrogen and oxygen atoms in total. The summed E-state index contributed by atoms with van der Waals surface area (Å²) in [6.07, 6.45) is 2.95. The number of rotatable bonds is 4. The van der Waals surface area contributed by atoms with Crippen LogP contribution in [0.25, 0.3) is 22.2 Å². The monoisotopic (exact) mass is 411 g/mol. The molecule has 3 heterocycles. The Hall–Kier alpha value is -2.71. The number of benzene rings is 1. The fraction of sp³-hybridized carbons (Fsp3) is 0.333. The maximum atomic E-state index is 12.3. The molecule has 1 fully saturated rings. The second-order valence-corrected chi connectivity index (χ2v) is 8.83. The number of aromatic hydroxyl groups is 1. The summed E-state index contributed by atoms with van der Waals surface area (Å²) in [5.41, 5.74) is 2.75. The lowest BCUT2D eigenvalue weighted by molar-refractivity contribution is 0.0691. The van der Waals surface area contributed by atoms with E-state index in [0.29, 0.717) is 29.5 Å².